The van der Waals surface area contributed by atoms with Gasteiger partial charge in [-0.1, -0.05) is 15.9 Å². The molecule has 3 rings (SSSR count). The van der Waals surface area contributed by atoms with E-state index in [0.717, 1.165) is 34.8 Å². The van der Waals surface area contributed by atoms with Crippen LogP contribution in [0.5, 0.6) is 0 Å². The van der Waals surface area contributed by atoms with Crippen LogP contribution in [0.25, 0.3) is 10.9 Å². The second-order valence-corrected chi connectivity index (χ2v) is 6.79. The van der Waals surface area contributed by atoms with Crippen molar-refractivity contribution in [2.24, 2.45) is 0 Å². The number of fused-ring (bicyclic) bond motifs is 1. The molecule has 22 heavy (non-hydrogen) atoms. The zero-order valence-corrected chi connectivity index (χ0v) is 14.1. The minimum absolute atomic E-state index is 0.136. The topological polar surface area (TPSA) is 49.0 Å². The number of halogens is 1. The average Bonchev–Trinajstić information content (AvgIpc) is 2.84. The molecule has 1 saturated heterocycles. The number of nitrogens with zero attached hydrogens (tertiary/aromatic N) is 3. The Hall–Kier alpha value is -1.80. The molecule has 114 valence electrons. The van der Waals surface area contributed by atoms with Gasteiger partial charge in [-0.2, -0.15) is 5.26 Å². The molecule has 2 aromatic rings. The van der Waals surface area contributed by atoms with E-state index in [4.69, 9.17) is 0 Å². The van der Waals surface area contributed by atoms with Crippen LogP contribution < -0.4 is 0 Å². The third kappa shape index (κ3) is 2.76. The number of amides is 1. The second kappa shape index (κ2) is 6.13. The number of carbonyl (C=O) groups is 1. The Morgan fingerprint density at radius 1 is 1.45 bits per heavy atom. The molecule has 1 unspecified atom stereocenters. The van der Waals surface area contributed by atoms with E-state index in [0.29, 0.717) is 18.2 Å². The number of hydrogen-bond acceptors (Lipinski definition) is 2. The Kier molecular flexibility index (Phi) is 4.21. The molecule has 4 nitrogen and oxygen atoms in total. The Morgan fingerprint density at radius 3 is 3.00 bits per heavy atom. The summed E-state index contributed by atoms with van der Waals surface area (Å²) in [5, 5.41) is 10.2. The first-order valence-corrected chi connectivity index (χ1v) is 8.37. The lowest BCUT2D eigenvalue weighted by Gasteiger charge is -2.33. The van der Waals surface area contributed by atoms with Crippen molar-refractivity contribution in [3.05, 3.63) is 34.4 Å². The van der Waals surface area contributed by atoms with E-state index in [1.165, 1.54) is 6.42 Å². The standard InChI is InChI=1S/C17H18BrN3O/c1-12-4-2-3-7-21(12)17(22)11-20-10-13(9-19)15-8-14(18)5-6-16(15)20/h5-6,8,10,12H,2-4,7,11H2,1H3. The highest BCUT2D eigenvalue weighted by Gasteiger charge is 2.23. The molecule has 0 spiro atoms. The van der Waals surface area contributed by atoms with Crippen molar-refractivity contribution >= 4 is 32.7 Å². The van der Waals surface area contributed by atoms with E-state index in [1.54, 1.807) is 6.20 Å². The van der Waals surface area contributed by atoms with Crippen LogP contribution >= 0.6 is 15.9 Å². The normalized spacial score (nSPS) is 18.4. The first kappa shape index (κ1) is 15.1. The van der Waals surface area contributed by atoms with Crippen LogP contribution in [0.15, 0.2) is 28.9 Å². The van der Waals surface area contributed by atoms with Crippen LogP contribution in [0.3, 0.4) is 0 Å². The van der Waals surface area contributed by atoms with Crippen molar-refractivity contribution in [3.63, 3.8) is 0 Å². The van der Waals surface area contributed by atoms with Crippen LogP contribution in [0.1, 0.15) is 31.7 Å². The minimum Gasteiger partial charge on any atom is -0.338 e. The maximum Gasteiger partial charge on any atom is 0.242 e. The zero-order valence-electron chi connectivity index (χ0n) is 12.6. The molecular weight excluding hydrogens is 342 g/mol. The molecule has 1 fully saturated rings. The fourth-order valence-corrected chi connectivity index (χ4v) is 3.56. The first-order chi connectivity index (χ1) is 10.6. The maximum atomic E-state index is 12.6. The summed E-state index contributed by atoms with van der Waals surface area (Å²) in [6.45, 7) is 3.25. The molecule has 1 aliphatic heterocycles. The number of likely N-dealkylation sites (tertiary alicyclic amines) is 1. The van der Waals surface area contributed by atoms with Gasteiger partial charge in [0, 0.05) is 34.2 Å². The summed E-state index contributed by atoms with van der Waals surface area (Å²) < 4.78 is 2.83. The zero-order chi connectivity index (χ0) is 15.7. The van der Waals surface area contributed by atoms with Crippen molar-refractivity contribution in [2.75, 3.05) is 6.54 Å². The average molecular weight is 360 g/mol. The number of carbonyl (C=O) groups excluding carboxylic acids is 1. The summed E-state index contributed by atoms with van der Waals surface area (Å²) in [5.41, 5.74) is 1.54. The van der Waals surface area contributed by atoms with Crippen molar-refractivity contribution < 1.29 is 4.79 Å². The Bertz CT molecular complexity index is 759. The third-order valence-electron chi connectivity index (χ3n) is 4.39. The second-order valence-electron chi connectivity index (χ2n) is 5.88. The molecule has 0 radical (unpaired) electrons. The fourth-order valence-electron chi connectivity index (χ4n) is 3.19. The van der Waals surface area contributed by atoms with E-state index in [2.05, 4.69) is 28.9 Å². The Balaban J connectivity index is 1.91. The fraction of sp³-hybridized carbons (Fsp3) is 0.412. The van der Waals surface area contributed by atoms with Crippen molar-refractivity contribution in [1.29, 1.82) is 5.26 Å². The summed E-state index contributed by atoms with van der Waals surface area (Å²) in [6, 6.07) is 8.34. The molecule has 5 heteroatoms. The van der Waals surface area contributed by atoms with Gasteiger partial charge in [0.25, 0.3) is 0 Å². The SMILES string of the molecule is CC1CCCCN1C(=O)Cn1cc(C#N)c2cc(Br)ccc21. The smallest absolute Gasteiger partial charge is 0.242 e. The summed E-state index contributed by atoms with van der Waals surface area (Å²) >= 11 is 3.43. The number of nitriles is 1. The van der Waals surface area contributed by atoms with Gasteiger partial charge in [0.2, 0.25) is 5.91 Å². The molecule has 1 amide bonds. The van der Waals surface area contributed by atoms with Crippen LogP contribution in [0, 0.1) is 11.3 Å². The molecule has 0 aliphatic carbocycles. The van der Waals surface area contributed by atoms with Crippen LogP contribution in [-0.4, -0.2) is 28.0 Å². The molecular formula is C17H18BrN3O. The largest absolute Gasteiger partial charge is 0.338 e. The third-order valence-corrected chi connectivity index (χ3v) is 4.89. The lowest BCUT2D eigenvalue weighted by molar-refractivity contribution is -0.135. The molecule has 1 aromatic heterocycles. The van der Waals surface area contributed by atoms with Gasteiger partial charge in [-0.3, -0.25) is 4.79 Å². The molecule has 1 aromatic carbocycles. The van der Waals surface area contributed by atoms with E-state index < -0.39 is 0 Å². The summed E-state index contributed by atoms with van der Waals surface area (Å²) in [7, 11) is 0. The number of hydrogen-bond donors (Lipinski definition) is 0. The van der Waals surface area contributed by atoms with E-state index in [1.807, 2.05) is 27.7 Å². The molecule has 0 N–H and O–H groups in total. The highest BCUT2D eigenvalue weighted by molar-refractivity contribution is 9.10. The molecule has 1 aliphatic rings. The van der Waals surface area contributed by atoms with Crippen LogP contribution in [0.4, 0.5) is 0 Å². The van der Waals surface area contributed by atoms with Gasteiger partial charge >= 0.3 is 0 Å². The molecule has 2 heterocycles. The van der Waals surface area contributed by atoms with Gasteiger partial charge in [-0.15, -0.1) is 0 Å². The van der Waals surface area contributed by atoms with Gasteiger partial charge in [0.05, 0.1) is 5.56 Å². The Morgan fingerprint density at radius 2 is 2.27 bits per heavy atom. The highest BCUT2D eigenvalue weighted by Crippen LogP contribution is 2.25. The first-order valence-electron chi connectivity index (χ1n) is 7.58. The molecule has 0 saturated carbocycles. The lowest BCUT2D eigenvalue weighted by atomic mass is 10.0. The summed E-state index contributed by atoms with van der Waals surface area (Å²) in [4.78, 5) is 14.6. The van der Waals surface area contributed by atoms with Crippen molar-refractivity contribution in [2.45, 2.75) is 38.8 Å². The number of rotatable bonds is 2. The number of aromatic nitrogens is 1. The minimum atomic E-state index is 0.136. The Labute approximate surface area is 138 Å². The van der Waals surface area contributed by atoms with Gasteiger partial charge in [0.15, 0.2) is 0 Å². The van der Waals surface area contributed by atoms with Gasteiger partial charge in [-0.05, 0) is 44.4 Å². The van der Waals surface area contributed by atoms with Crippen molar-refractivity contribution in [1.82, 2.24) is 9.47 Å². The lowest BCUT2D eigenvalue weighted by Crippen LogP contribution is -2.43. The maximum absolute atomic E-state index is 12.6. The van der Waals surface area contributed by atoms with Crippen molar-refractivity contribution in [3.8, 4) is 6.07 Å². The predicted molar refractivity (Wildman–Crippen MR) is 89.4 cm³/mol. The predicted octanol–water partition coefficient (Wildman–Crippen LogP) is 3.68. The van der Waals surface area contributed by atoms with E-state index in [-0.39, 0.29) is 5.91 Å². The number of benzene rings is 1. The quantitative estimate of drug-likeness (QED) is 0.820. The van der Waals surface area contributed by atoms with Gasteiger partial charge < -0.3 is 9.47 Å². The summed E-state index contributed by atoms with van der Waals surface area (Å²) in [6.07, 6.45) is 5.14. The van der Waals surface area contributed by atoms with Crippen LogP contribution in [0.2, 0.25) is 0 Å². The van der Waals surface area contributed by atoms with Crippen LogP contribution in [-0.2, 0) is 11.3 Å². The summed E-state index contributed by atoms with van der Waals surface area (Å²) in [5.74, 6) is 0.136. The monoisotopic (exact) mass is 359 g/mol. The van der Waals surface area contributed by atoms with Gasteiger partial charge in [-0.25, -0.2) is 0 Å². The number of piperidine rings is 1. The highest BCUT2D eigenvalue weighted by atomic mass is 79.9. The van der Waals surface area contributed by atoms with E-state index >= 15 is 0 Å². The molecule has 0 bridgehead atoms. The molecule has 1 atom stereocenters. The van der Waals surface area contributed by atoms with Gasteiger partial charge in [0.1, 0.15) is 12.6 Å². The van der Waals surface area contributed by atoms with E-state index in [9.17, 15) is 10.1 Å².